The van der Waals surface area contributed by atoms with Crippen molar-refractivity contribution in [1.29, 1.82) is 0 Å². The molecule has 4 rings (SSSR count). The predicted octanol–water partition coefficient (Wildman–Crippen LogP) is 3.56. The Morgan fingerprint density at radius 3 is 2.84 bits per heavy atom. The van der Waals surface area contributed by atoms with Crippen LogP contribution in [-0.2, 0) is 4.79 Å². The second-order valence-electron chi connectivity index (χ2n) is 4.53. The summed E-state index contributed by atoms with van der Waals surface area (Å²) < 4.78 is 11.4. The van der Waals surface area contributed by atoms with Gasteiger partial charge in [-0.2, -0.15) is 0 Å². The van der Waals surface area contributed by atoms with Gasteiger partial charge in [-0.05, 0) is 18.2 Å². The first-order chi connectivity index (χ1) is 9.36. The van der Waals surface area contributed by atoms with Crippen LogP contribution in [0.25, 0.3) is 27.5 Å². The van der Waals surface area contributed by atoms with Crippen molar-refractivity contribution in [3.8, 4) is 5.75 Å². The number of carbonyl (C=O) groups is 1. The third-order valence-electron chi connectivity index (χ3n) is 3.46. The predicted molar refractivity (Wildman–Crippen MR) is 73.3 cm³/mol. The molecule has 0 unspecified atom stereocenters. The third-order valence-corrected chi connectivity index (χ3v) is 3.46. The molecule has 2 heterocycles. The van der Waals surface area contributed by atoms with Crippen molar-refractivity contribution in [1.82, 2.24) is 0 Å². The van der Waals surface area contributed by atoms with Crippen molar-refractivity contribution in [2.24, 2.45) is 0 Å². The van der Waals surface area contributed by atoms with Crippen LogP contribution in [0.4, 0.5) is 0 Å². The monoisotopic (exact) mass is 250 g/mol. The minimum absolute atomic E-state index is 0.423. The molecule has 0 fully saturated rings. The molecule has 1 aromatic heterocycles. The smallest absolute Gasteiger partial charge is 0.150 e. The van der Waals surface area contributed by atoms with Crippen molar-refractivity contribution >= 4 is 33.8 Å². The molecule has 3 aromatic rings. The highest BCUT2D eigenvalue weighted by Gasteiger charge is 2.17. The Bertz CT molecular complexity index is 840. The van der Waals surface area contributed by atoms with Gasteiger partial charge in [-0.25, -0.2) is 0 Å². The van der Waals surface area contributed by atoms with E-state index in [1.54, 1.807) is 6.08 Å². The van der Waals surface area contributed by atoms with Gasteiger partial charge in [0.15, 0.2) is 6.29 Å². The molecule has 19 heavy (non-hydrogen) atoms. The molecule has 3 heteroatoms. The molecule has 0 bridgehead atoms. The summed E-state index contributed by atoms with van der Waals surface area (Å²) in [6.45, 7) is 0.423. The fraction of sp³-hybridized carbons (Fsp3) is 0.0625. The van der Waals surface area contributed by atoms with Gasteiger partial charge in [-0.1, -0.05) is 18.2 Å². The Balaban J connectivity index is 2.12. The number of aldehydes is 1. The Morgan fingerprint density at radius 1 is 1.05 bits per heavy atom. The molecule has 2 aromatic carbocycles. The Hall–Kier alpha value is -2.55. The van der Waals surface area contributed by atoms with E-state index < -0.39 is 0 Å². The van der Waals surface area contributed by atoms with Crippen LogP contribution in [0.1, 0.15) is 5.56 Å². The van der Waals surface area contributed by atoms with Crippen LogP contribution in [0.2, 0.25) is 0 Å². The van der Waals surface area contributed by atoms with E-state index >= 15 is 0 Å². The topological polar surface area (TPSA) is 39.4 Å². The summed E-state index contributed by atoms with van der Waals surface area (Å²) >= 11 is 0. The van der Waals surface area contributed by atoms with E-state index in [2.05, 4.69) is 0 Å². The summed E-state index contributed by atoms with van der Waals surface area (Å²) in [5.74, 6) is 0.705. The molecule has 0 amide bonds. The van der Waals surface area contributed by atoms with E-state index in [1.165, 1.54) is 0 Å². The zero-order valence-corrected chi connectivity index (χ0v) is 10.1. The standard InChI is InChI=1S/C16H10O3/c17-9-10-5-6-18-15-8-16-13(7-12(10)15)11-3-1-2-4-14(11)19-16/h1-5,7-9H,6H2. The summed E-state index contributed by atoms with van der Waals surface area (Å²) in [7, 11) is 0. The number of carbonyl (C=O) groups excluding carboxylic acids is 1. The van der Waals surface area contributed by atoms with Crippen molar-refractivity contribution in [2.75, 3.05) is 6.61 Å². The zero-order chi connectivity index (χ0) is 12.8. The number of rotatable bonds is 1. The lowest BCUT2D eigenvalue weighted by Gasteiger charge is -2.15. The fourth-order valence-corrected chi connectivity index (χ4v) is 2.54. The summed E-state index contributed by atoms with van der Waals surface area (Å²) in [6.07, 6.45) is 2.67. The summed E-state index contributed by atoms with van der Waals surface area (Å²) in [4.78, 5) is 11.1. The molecule has 0 radical (unpaired) electrons. The van der Waals surface area contributed by atoms with Crippen molar-refractivity contribution in [3.63, 3.8) is 0 Å². The quantitative estimate of drug-likeness (QED) is 0.620. The van der Waals surface area contributed by atoms with Gasteiger partial charge in [0.25, 0.3) is 0 Å². The molecule has 92 valence electrons. The fourth-order valence-electron chi connectivity index (χ4n) is 2.54. The Labute approximate surface area is 109 Å². The van der Waals surface area contributed by atoms with Gasteiger partial charge < -0.3 is 9.15 Å². The number of para-hydroxylation sites is 1. The lowest BCUT2D eigenvalue weighted by Crippen LogP contribution is -2.04. The van der Waals surface area contributed by atoms with Crippen LogP contribution < -0.4 is 4.74 Å². The highest BCUT2D eigenvalue weighted by molar-refractivity contribution is 6.13. The number of hydrogen-bond acceptors (Lipinski definition) is 3. The molecule has 1 aliphatic heterocycles. The first-order valence-electron chi connectivity index (χ1n) is 6.10. The minimum Gasteiger partial charge on any atom is -0.489 e. The molecular formula is C16H10O3. The first-order valence-corrected chi connectivity index (χ1v) is 6.10. The van der Waals surface area contributed by atoms with E-state index in [0.717, 1.165) is 33.8 Å². The van der Waals surface area contributed by atoms with E-state index in [0.29, 0.717) is 17.9 Å². The number of hydrogen-bond donors (Lipinski definition) is 0. The largest absolute Gasteiger partial charge is 0.489 e. The maximum atomic E-state index is 11.1. The number of ether oxygens (including phenoxy) is 1. The van der Waals surface area contributed by atoms with Crippen LogP contribution in [0.3, 0.4) is 0 Å². The lowest BCUT2D eigenvalue weighted by atomic mass is 10.0. The second kappa shape index (κ2) is 3.72. The SMILES string of the molecule is O=CC1=CCOc2cc3oc4ccccc4c3cc21. The van der Waals surface area contributed by atoms with Gasteiger partial charge in [0.1, 0.15) is 23.5 Å². The van der Waals surface area contributed by atoms with E-state index in [4.69, 9.17) is 9.15 Å². The molecule has 0 saturated carbocycles. The third kappa shape index (κ3) is 1.41. The Morgan fingerprint density at radius 2 is 1.95 bits per heavy atom. The highest BCUT2D eigenvalue weighted by atomic mass is 16.5. The number of furan rings is 1. The number of fused-ring (bicyclic) bond motifs is 4. The highest BCUT2D eigenvalue weighted by Crippen LogP contribution is 2.37. The van der Waals surface area contributed by atoms with Gasteiger partial charge in [-0.15, -0.1) is 0 Å². The van der Waals surface area contributed by atoms with Crippen LogP contribution in [-0.4, -0.2) is 12.9 Å². The average molecular weight is 250 g/mol. The van der Waals surface area contributed by atoms with Gasteiger partial charge in [-0.3, -0.25) is 4.79 Å². The number of benzene rings is 2. The van der Waals surface area contributed by atoms with Crippen molar-refractivity contribution in [2.45, 2.75) is 0 Å². The van der Waals surface area contributed by atoms with Crippen molar-refractivity contribution in [3.05, 3.63) is 48.0 Å². The van der Waals surface area contributed by atoms with E-state index in [1.807, 2.05) is 36.4 Å². The van der Waals surface area contributed by atoms with Gasteiger partial charge in [0, 0.05) is 28.0 Å². The summed E-state index contributed by atoms with van der Waals surface area (Å²) in [5, 5.41) is 2.06. The lowest BCUT2D eigenvalue weighted by molar-refractivity contribution is -0.103. The summed E-state index contributed by atoms with van der Waals surface area (Å²) in [6, 6.07) is 11.7. The average Bonchev–Trinajstić information content (AvgIpc) is 2.82. The van der Waals surface area contributed by atoms with E-state index in [9.17, 15) is 4.79 Å². The van der Waals surface area contributed by atoms with E-state index in [-0.39, 0.29) is 0 Å². The molecule has 0 N–H and O–H groups in total. The van der Waals surface area contributed by atoms with Crippen LogP contribution in [0.15, 0.2) is 46.9 Å². The molecule has 3 nitrogen and oxygen atoms in total. The number of allylic oxidation sites excluding steroid dienone is 1. The van der Waals surface area contributed by atoms with Gasteiger partial charge in [0.05, 0.1) is 0 Å². The van der Waals surface area contributed by atoms with Crippen molar-refractivity contribution < 1.29 is 13.9 Å². The van der Waals surface area contributed by atoms with Crippen LogP contribution in [0.5, 0.6) is 5.75 Å². The first kappa shape index (κ1) is 10.4. The molecule has 0 saturated heterocycles. The van der Waals surface area contributed by atoms with Gasteiger partial charge >= 0.3 is 0 Å². The van der Waals surface area contributed by atoms with Crippen LogP contribution >= 0.6 is 0 Å². The Kier molecular flexibility index (Phi) is 2.03. The molecule has 0 spiro atoms. The summed E-state index contributed by atoms with van der Waals surface area (Å²) in [5.41, 5.74) is 3.14. The molecular weight excluding hydrogens is 240 g/mol. The second-order valence-corrected chi connectivity index (χ2v) is 4.53. The zero-order valence-electron chi connectivity index (χ0n) is 10.1. The molecule has 0 aliphatic carbocycles. The minimum atomic E-state index is 0.423. The van der Waals surface area contributed by atoms with Gasteiger partial charge in [0.2, 0.25) is 0 Å². The normalized spacial score (nSPS) is 14.0. The molecule has 1 aliphatic rings. The maximum absolute atomic E-state index is 11.1. The molecule has 0 atom stereocenters. The van der Waals surface area contributed by atoms with Crippen LogP contribution in [0, 0.1) is 0 Å². The maximum Gasteiger partial charge on any atom is 0.150 e.